The highest BCUT2D eigenvalue weighted by Gasteiger charge is 2.40. The average Bonchev–Trinajstić information content (AvgIpc) is 2.71. The molecule has 1 aliphatic carbocycles. The third-order valence-corrected chi connectivity index (χ3v) is 4.45. The van der Waals surface area contributed by atoms with Gasteiger partial charge in [-0.1, -0.05) is 33.1 Å². The molecule has 15 heavy (non-hydrogen) atoms. The van der Waals surface area contributed by atoms with Crippen LogP contribution in [0.4, 0.5) is 0 Å². The van der Waals surface area contributed by atoms with Crippen LogP contribution in [0.5, 0.6) is 0 Å². The first kappa shape index (κ1) is 11.4. The van der Waals surface area contributed by atoms with E-state index < -0.39 is 0 Å². The highest BCUT2D eigenvalue weighted by Crippen LogP contribution is 2.36. The molecule has 0 amide bonds. The number of rotatable bonds is 3. The van der Waals surface area contributed by atoms with E-state index in [0.717, 1.165) is 5.92 Å². The van der Waals surface area contributed by atoms with E-state index in [1.54, 1.807) is 0 Å². The fraction of sp³-hybridized carbons (Fsp3) is 1.00. The molecule has 0 bridgehead atoms. The van der Waals surface area contributed by atoms with E-state index in [1.807, 2.05) is 0 Å². The molecule has 0 aromatic heterocycles. The number of hydrogen-bond acceptors (Lipinski definition) is 2. The van der Waals surface area contributed by atoms with E-state index in [0.29, 0.717) is 5.54 Å². The van der Waals surface area contributed by atoms with Gasteiger partial charge < -0.3 is 5.32 Å². The van der Waals surface area contributed by atoms with Gasteiger partial charge in [0.05, 0.1) is 0 Å². The molecule has 1 atom stereocenters. The zero-order valence-corrected chi connectivity index (χ0v) is 10.4. The number of nitrogens with one attached hydrogen (secondary N) is 1. The van der Waals surface area contributed by atoms with E-state index in [4.69, 9.17) is 0 Å². The Kier molecular flexibility index (Phi) is 3.68. The minimum absolute atomic E-state index is 0.543. The van der Waals surface area contributed by atoms with Crippen molar-refractivity contribution >= 4 is 0 Å². The third kappa shape index (κ3) is 2.36. The lowest BCUT2D eigenvalue weighted by molar-refractivity contribution is 0.0510. The van der Waals surface area contributed by atoms with Crippen LogP contribution >= 0.6 is 0 Å². The maximum atomic E-state index is 3.60. The second-order valence-electron chi connectivity index (χ2n) is 5.57. The van der Waals surface area contributed by atoms with Crippen molar-refractivity contribution in [3.05, 3.63) is 0 Å². The molecule has 0 aromatic carbocycles. The van der Waals surface area contributed by atoms with Crippen LogP contribution in [0.2, 0.25) is 0 Å². The quantitative estimate of drug-likeness (QED) is 0.768. The van der Waals surface area contributed by atoms with Gasteiger partial charge >= 0.3 is 0 Å². The fourth-order valence-electron chi connectivity index (χ4n) is 3.20. The first-order chi connectivity index (χ1) is 7.27. The third-order valence-electron chi connectivity index (χ3n) is 4.45. The zero-order chi connectivity index (χ0) is 10.7. The van der Waals surface area contributed by atoms with Crippen LogP contribution < -0.4 is 5.32 Å². The number of hydrogen-bond donors (Lipinski definition) is 1. The molecule has 1 saturated carbocycles. The van der Waals surface area contributed by atoms with Crippen LogP contribution in [-0.2, 0) is 0 Å². The normalized spacial score (nSPS) is 28.4. The average molecular weight is 210 g/mol. The van der Waals surface area contributed by atoms with Crippen molar-refractivity contribution in [1.29, 1.82) is 0 Å². The molecule has 1 aliphatic heterocycles. The highest BCUT2D eigenvalue weighted by atomic mass is 15.3. The summed E-state index contributed by atoms with van der Waals surface area (Å²) < 4.78 is 0. The molecule has 2 heteroatoms. The molecule has 88 valence electrons. The van der Waals surface area contributed by atoms with Crippen molar-refractivity contribution in [3.63, 3.8) is 0 Å². The summed E-state index contributed by atoms with van der Waals surface area (Å²) in [6.07, 6.45) is 7.06. The van der Waals surface area contributed by atoms with Crippen molar-refractivity contribution in [3.8, 4) is 0 Å². The molecular formula is C13H26N2. The van der Waals surface area contributed by atoms with Gasteiger partial charge in [-0.05, 0) is 18.8 Å². The van der Waals surface area contributed by atoms with Crippen LogP contribution in [0.25, 0.3) is 0 Å². The number of nitrogens with zero attached hydrogens (tertiary/aromatic N) is 1. The van der Waals surface area contributed by atoms with Gasteiger partial charge in [0, 0.05) is 31.7 Å². The van der Waals surface area contributed by atoms with Gasteiger partial charge in [-0.25, -0.2) is 0 Å². The van der Waals surface area contributed by atoms with Crippen molar-refractivity contribution in [1.82, 2.24) is 10.2 Å². The van der Waals surface area contributed by atoms with Crippen LogP contribution in [0.15, 0.2) is 0 Å². The van der Waals surface area contributed by atoms with Crippen LogP contribution in [0.1, 0.15) is 46.0 Å². The molecule has 1 unspecified atom stereocenters. The van der Waals surface area contributed by atoms with Crippen molar-refractivity contribution < 1.29 is 0 Å². The molecule has 2 aliphatic rings. The summed E-state index contributed by atoms with van der Waals surface area (Å²) in [5.74, 6) is 0.862. The predicted octanol–water partition coefficient (Wildman–Crippen LogP) is 2.25. The van der Waals surface area contributed by atoms with Crippen molar-refractivity contribution in [2.75, 3.05) is 26.2 Å². The molecule has 0 aromatic rings. The summed E-state index contributed by atoms with van der Waals surface area (Å²) in [5.41, 5.74) is 0.543. The largest absolute Gasteiger partial charge is 0.314 e. The van der Waals surface area contributed by atoms with Gasteiger partial charge in [0.25, 0.3) is 0 Å². The summed E-state index contributed by atoms with van der Waals surface area (Å²) in [7, 11) is 0. The monoisotopic (exact) mass is 210 g/mol. The van der Waals surface area contributed by atoms with Crippen LogP contribution in [0.3, 0.4) is 0 Å². The fourth-order valence-corrected chi connectivity index (χ4v) is 3.20. The molecule has 1 saturated heterocycles. The summed E-state index contributed by atoms with van der Waals surface area (Å²) in [5, 5.41) is 3.60. The van der Waals surface area contributed by atoms with Crippen LogP contribution in [-0.4, -0.2) is 36.6 Å². The number of piperazine rings is 1. The molecule has 2 fully saturated rings. The van der Waals surface area contributed by atoms with Gasteiger partial charge in [0.2, 0.25) is 0 Å². The van der Waals surface area contributed by atoms with E-state index in [-0.39, 0.29) is 0 Å². The summed E-state index contributed by atoms with van der Waals surface area (Å²) in [6.45, 7) is 9.73. The molecule has 1 heterocycles. The molecule has 1 spiro atoms. The van der Waals surface area contributed by atoms with E-state index in [9.17, 15) is 0 Å². The van der Waals surface area contributed by atoms with Gasteiger partial charge in [-0.2, -0.15) is 0 Å². The Bertz CT molecular complexity index is 197. The zero-order valence-electron chi connectivity index (χ0n) is 10.4. The molecule has 0 radical (unpaired) electrons. The van der Waals surface area contributed by atoms with Crippen LogP contribution in [0, 0.1) is 5.92 Å². The highest BCUT2D eigenvalue weighted by molar-refractivity contribution is 4.99. The van der Waals surface area contributed by atoms with Gasteiger partial charge in [-0.15, -0.1) is 0 Å². The topological polar surface area (TPSA) is 15.3 Å². The lowest BCUT2D eigenvalue weighted by atomic mass is 9.91. The summed E-state index contributed by atoms with van der Waals surface area (Å²) >= 11 is 0. The second kappa shape index (κ2) is 4.84. The standard InChI is InChI=1S/C13H26N2/c1-3-12(2)10-15-9-8-14-11-13(15)6-4-5-7-13/h12,14H,3-11H2,1-2H3. The van der Waals surface area contributed by atoms with Gasteiger partial charge in [0.15, 0.2) is 0 Å². The Labute approximate surface area is 94.4 Å². The molecule has 2 nitrogen and oxygen atoms in total. The first-order valence-electron chi connectivity index (χ1n) is 6.72. The van der Waals surface area contributed by atoms with Gasteiger partial charge in [-0.3, -0.25) is 4.90 Å². The summed E-state index contributed by atoms with van der Waals surface area (Å²) in [4.78, 5) is 2.80. The Morgan fingerprint density at radius 1 is 1.33 bits per heavy atom. The second-order valence-corrected chi connectivity index (χ2v) is 5.57. The Hall–Kier alpha value is -0.0800. The summed E-state index contributed by atoms with van der Waals surface area (Å²) in [6, 6.07) is 0. The van der Waals surface area contributed by atoms with Crippen molar-refractivity contribution in [2.24, 2.45) is 5.92 Å². The Morgan fingerprint density at radius 3 is 2.73 bits per heavy atom. The lowest BCUT2D eigenvalue weighted by Crippen LogP contribution is -2.60. The molecular weight excluding hydrogens is 184 g/mol. The SMILES string of the molecule is CCC(C)CN1CCNCC12CCCC2. The van der Waals surface area contributed by atoms with Gasteiger partial charge in [0.1, 0.15) is 0 Å². The van der Waals surface area contributed by atoms with E-state index in [2.05, 4.69) is 24.1 Å². The maximum absolute atomic E-state index is 3.60. The maximum Gasteiger partial charge on any atom is 0.0334 e. The molecule has 1 N–H and O–H groups in total. The molecule has 2 rings (SSSR count). The predicted molar refractivity (Wildman–Crippen MR) is 65.1 cm³/mol. The van der Waals surface area contributed by atoms with Crippen molar-refractivity contribution in [2.45, 2.75) is 51.5 Å². The lowest BCUT2D eigenvalue weighted by Gasteiger charge is -2.46. The minimum Gasteiger partial charge on any atom is -0.314 e. The Morgan fingerprint density at radius 2 is 2.07 bits per heavy atom. The van der Waals surface area contributed by atoms with E-state index in [1.165, 1.54) is 58.3 Å². The first-order valence-corrected chi connectivity index (χ1v) is 6.72. The smallest absolute Gasteiger partial charge is 0.0334 e. The Balaban J connectivity index is 1.99. The van der Waals surface area contributed by atoms with E-state index >= 15 is 0 Å². The minimum atomic E-state index is 0.543.